The first-order chi connectivity index (χ1) is 16.9. The predicted octanol–water partition coefficient (Wildman–Crippen LogP) is 4.85. The smallest absolute Gasteiger partial charge is 0.298 e. The zero-order chi connectivity index (χ0) is 24.6. The van der Waals surface area contributed by atoms with Crippen LogP contribution in [0.25, 0.3) is 10.9 Å². The maximum Gasteiger partial charge on any atom is 0.298 e. The van der Waals surface area contributed by atoms with Gasteiger partial charge in [-0.1, -0.05) is 12.1 Å². The Morgan fingerprint density at radius 1 is 1.23 bits per heavy atom. The Hall–Kier alpha value is -2.97. The van der Waals surface area contributed by atoms with Crippen molar-refractivity contribution in [1.29, 1.82) is 0 Å². The molecule has 186 valence electrons. The summed E-state index contributed by atoms with van der Waals surface area (Å²) < 4.78 is 37.4. The number of nitrogens with one attached hydrogen (secondary N) is 1. The van der Waals surface area contributed by atoms with Crippen LogP contribution in [0.3, 0.4) is 0 Å². The van der Waals surface area contributed by atoms with Crippen molar-refractivity contribution >= 4 is 17.4 Å². The van der Waals surface area contributed by atoms with Crippen LogP contribution in [-0.2, 0) is 16.9 Å². The summed E-state index contributed by atoms with van der Waals surface area (Å²) >= 11 is 0. The van der Waals surface area contributed by atoms with E-state index in [1.807, 2.05) is 35.4 Å². The quantitative estimate of drug-likeness (QED) is 0.464. The number of hydrogen-bond acceptors (Lipinski definition) is 5. The molecule has 2 atom stereocenters. The predicted molar refractivity (Wildman–Crippen MR) is 130 cm³/mol. The van der Waals surface area contributed by atoms with Gasteiger partial charge in [0.15, 0.2) is 0 Å². The maximum absolute atomic E-state index is 13.3. The minimum absolute atomic E-state index is 0.104. The van der Waals surface area contributed by atoms with Gasteiger partial charge in [0.1, 0.15) is 11.5 Å². The number of aromatic nitrogens is 1. The number of H-pyrrole nitrogens is 1. The van der Waals surface area contributed by atoms with Gasteiger partial charge in [-0.05, 0) is 61.6 Å². The molecule has 6 nitrogen and oxygen atoms in total. The standard InChI is InChI=1S/C27H31F2N3O3/c1-18-13-24(34-2)23(22-7-10-30-26(18)22)15-32-11-8-20-14-27(32,9-12-31(20)16-25(28)29)19-3-5-21(6-4-19)35-17-33/h3-7,10,13,17,20,25,30H,8-9,11-12,14-16H2,1-2H3. The van der Waals surface area contributed by atoms with E-state index in [4.69, 9.17) is 9.47 Å². The number of likely N-dealkylation sites (tertiary alicyclic amines) is 2. The third-order valence-corrected chi connectivity index (χ3v) is 7.87. The Morgan fingerprint density at radius 2 is 2.03 bits per heavy atom. The van der Waals surface area contributed by atoms with Crippen LogP contribution >= 0.6 is 0 Å². The van der Waals surface area contributed by atoms with Crippen molar-refractivity contribution < 1.29 is 23.0 Å². The maximum atomic E-state index is 13.3. The van der Waals surface area contributed by atoms with Crippen LogP contribution in [-0.4, -0.2) is 60.5 Å². The van der Waals surface area contributed by atoms with Gasteiger partial charge < -0.3 is 14.5 Å². The molecule has 0 spiro atoms. The molecule has 2 aliphatic heterocycles. The number of halogens is 2. The molecule has 1 N–H and O–H groups in total. The van der Waals surface area contributed by atoms with Gasteiger partial charge in [-0.15, -0.1) is 0 Å². The third kappa shape index (κ3) is 4.29. The van der Waals surface area contributed by atoms with Gasteiger partial charge in [-0.2, -0.15) is 0 Å². The summed E-state index contributed by atoms with van der Waals surface area (Å²) in [5.41, 5.74) is 4.17. The lowest BCUT2D eigenvalue weighted by Gasteiger charge is -2.56. The number of rotatable bonds is 8. The largest absolute Gasteiger partial charge is 0.496 e. The first-order valence-corrected chi connectivity index (χ1v) is 12.1. The Labute approximate surface area is 203 Å². The minimum Gasteiger partial charge on any atom is -0.496 e. The molecule has 2 aromatic carbocycles. The summed E-state index contributed by atoms with van der Waals surface area (Å²) in [6.45, 7) is 4.40. The molecule has 2 unspecified atom stereocenters. The van der Waals surface area contributed by atoms with E-state index < -0.39 is 6.43 Å². The number of carbonyl (C=O) groups is 1. The van der Waals surface area contributed by atoms with Crippen LogP contribution < -0.4 is 9.47 Å². The Bertz CT molecular complexity index is 1200. The van der Waals surface area contributed by atoms with Crippen molar-refractivity contribution in [3.63, 3.8) is 0 Å². The molecular formula is C27H31F2N3O3. The molecule has 3 aromatic rings. The summed E-state index contributed by atoms with van der Waals surface area (Å²) in [5.74, 6) is 1.35. The number of ether oxygens (including phenoxy) is 2. The van der Waals surface area contributed by atoms with Gasteiger partial charge in [-0.25, -0.2) is 8.78 Å². The molecule has 1 aromatic heterocycles. The second-order valence-electron chi connectivity index (χ2n) is 9.61. The minimum atomic E-state index is -2.33. The molecule has 3 heterocycles. The monoisotopic (exact) mass is 483 g/mol. The highest BCUT2D eigenvalue weighted by atomic mass is 19.3. The van der Waals surface area contributed by atoms with Crippen LogP contribution in [0.2, 0.25) is 0 Å². The number of benzene rings is 2. The molecular weight excluding hydrogens is 452 g/mol. The van der Waals surface area contributed by atoms with Crippen molar-refractivity contribution in [2.75, 3.05) is 26.7 Å². The average Bonchev–Trinajstić information content (AvgIpc) is 3.35. The number of fused-ring (bicyclic) bond motifs is 3. The van der Waals surface area contributed by atoms with E-state index in [-0.39, 0.29) is 18.1 Å². The van der Waals surface area contributed by atoms with E-state index in [0.717, 1.165) is 59.2 Å². The van der Waals surface area contributed by atoms with Gasteiger partial charge >= 0.3 is 0 Å². The van der Waals surface area contributed by atoms with E-state index in [1.165, 1.54) is 0 Å². The first-order valence-electron chi connectivity index (χ1n) is 12.1. The number of piperidine rings is 2. The van der Waals surface area contributed by atoms with Crippen LogP contribution in [0.15, 0.2) is 42.6 Å². The number of methoxy groups -OCH3 is 1. The number of nitrogens with zero attached hydrogens (tertiary/aromatic N) is 2. The topological polar surface area (TPSA) is 57.8 Å². The Kier molecular flexibility index (Phi) is 6.51. The van der Waals surface area contributed by atoms with Gasteiger partial charge in [0.2, 0.25) is 0 Å². The zero-order valence-corrected chi connectivity index (χ0v) is 20.1. The van der Waals surface area contributed by atoms with E-state index in [2.05, 4.69) is 28.9 Å². The van der Waals surface area contributed by atoms with Gasteiger partial charge in [0, 0.05) is 53.9 Å². The summed E-state index contributed by atoms with van der Waals surface area (Å²) in [6, 6.07) is 11.9. The lowest BCUT2D eigenvalue weighted by Crippen LogP contribution is -2.61. The van der Waals surface area contributed by atoms with Crippen molar-refractivity contribution in [2.45, 2.75) is 50.7 Å². The lowest BCUT2D eigenvalue weighted by atomic mass is 9.72. The van der Waals surface area contributed by atoms with Crippen molar-refractivity contribution in [1.82, 2.24) is 14.8 Å². The highest BCUT2D eigenvalue weighted by molar-refractivity contribution is 5.88. The molecule has 2 bridgehead atoms. The van der Waals surface area contributed by atoms with Crippen molar-refractivity contribution in [3.05, 3.63) is 59.3 Å². The molecule has 0 saturated carbocycles. The molecule has 2 saturated heterocycles. The third-order valence-electron chi connectivity index (χ3n) is 7.87. The summed E-state index contributed by atoms with van der Waals surface area (Å²) in [5, 5.41) is 1.14. The number of hydrogen-bond donors (Lipinski definition) is 1. The van der Waals surface area contributed by atoms with Crippen LogP contribution in [0.5, 0.6) is 11.5 Å². The molecule has 35 heavy (non-hydrogen) atoms. The van der Waals surface area contributed by atoms with Gasteiger partial charge in [-0.3, -0.25) is 14.6 Å². The molecule has 2 fully saturated rings. The summed E-state index contributed by atoms with van der Waals surface area (Å²) in [4.78, 5) is 18.6. The molecule has 0 amide bonds. The van der Waals surface area contributed by atoms with E-state index in [1.54, 1.807) is 7.11 Å². The van der Waals surface area contributed by atoms with Crippen LogP contribution in [0.4, 0.5) is 8.78 Å². The highest BCUT2D eigenvalue weighted by Gasteiger charge is 2.48. The van der Waals surface area contributed by atoms with E-state index in [9.17, 15) is 13.6 Å². The molecule has 0 radical (unpaired) electrons. The number of alkyl halides is 2. The highest BCUT2D eigenvalue weighted by Crippen LogP contribution is 2.47. The summed E-state index contributed by atoms with van der Waals surface area (Å²) in [6.07, 6.45) is 1.98. The molecule has 8 heteroatoms. The van der Waals surface area contributed by atoms with Crippen LogP contribution in [0.1, 0.15) is 36.0 Å². The molecule has 2 aliphatic rings. The number of carbonyl (C=O) groups excluding carboxylic acids is 1. The zero-order valence-electron chi connectivity index (χ0n) is 20.1. The average molecular weight is 484 g/mol. The Balaban J connectivity index is 1.54. The second kappa shape index (κ2) is 9.59. The van der Waals surface area contributed by atoms with E-state index in [0.29, 0.717) is 25.3 Å². The fraction of sp³-hybridized carbons (Fsp3) is 0.444. The van der Waals surface area contributed by atoms with Gasteiger partial charge in [0.05, 0.1) is 13.7 Å². The SMILES string of the molecule is COc1cc(C)c2[nH]ccc2c1CN1CCC2CC1(c1ccc(OC=O)cc1)CCN2CC(F)F. The van der Waals surface area contributed by atoms with Crippen molar-refractivity contribution in [2.24, 2.45) is 0 Å². The summed E-state index contributed by atoms with van der Waals surface area (Å²) in [7, 11) is 1.70. The number of aryl methyl sites for hydroxylation is 1. The number of aromatic amines is 1. The van der Waals surface area contributed by atoms with Crippen LogP contribution in [0, 0.1) is 6.92 Å². The van der Waals surface area contributed by atoms with Gasteiger partial charge in [0.25, 0.3) is 12.9 Å². The second-order valence-corrected chi connectivity index (χ2v) is 9.61. The van der Waals surface area contributed by atoms with E-state index >= 15 is 0 Å². The molecule has 5 rings (SSSR count). The molecule has 0 aliphatic carbocycles. The fourth-order valence-electron chi connectivity index (χ4n) is 6.19. The van der Waals surface area contributed by atoms with Crippen molar-refractivity contribution in [3.8, 4) is 11.5 Å². The Morgan fingerprint density at radius 3 is 2.74 bits per heavy atom. The normalized spacial score (nSPS) is 23.1. The first kappa shape index (κ1) is 23.8. The lowest BCUT2D eigenvalue weighted by molar-refractivity contribution is -0.120. The fourth-order valence-corrected chi connectivity index (χ4v) is 6.19.